The van der Waals surface area contributed by atoms with Crippen LogP contribution in [0.25, 0.3) is 0 Å². The highest BCUT2D eigenvalue weighted by Gasteiger charge is 2.39. The van der Waals surface area contributed by atoms with Crippen molar-refractivity contribution >= 4 is 0 Å². The molecule has 0 aliphatic heterocycles. The number of rotatable bonds is 8. The summed E-state index contributed by atoms with van der Waals surface area (Å²) in [4.78, 5) is 0. The number of hydrogen-bond acceptors (Lipinski definition) is 3. The standard InChI is InChI=1S/C17H28N2O/c1-4-17(5-2,20-6-3)16(19-18)12-14-11-13-9-7-8-10-15(13)14/h7-10,14,16,19H,4-6,11-12,18H2,1-3H3. The van der Waals surface area contributed by atoms with E-state index in [1.807, 2.05) is 0 Å². The van der Waals surface area contributed by atoms with Crippen molar-refractivity contribution in [3.63, 3.8) is 0 Å². The Kier molecular flexibility index (Phi) is 5.19. The van der Waals surface area contributed by atoms with Gasteiger partial charge in [-0.25, -0.2) is 0 Å². The third kappa shape index (κ3) is 2.76. The molecule has 1 aliphatic carbocycles. The average molecular weight is 276 g/mol. The second-order valence-corrected chi connectivity index (χ2v) is 5.76. The third-order valence-electron chi connectivity index (χ3n) is 4.95. The van der Waals surface area contributed by atoms with Crippen LogP contribution in [-0.4, -0.2) is 18.2 Å². The van der Waals surface area contributed by atoms with Crippen LogP contribution in [0.2, 0.25) is 0 Å². The molecule has 0 fully saturated rings. The van der Waals surface area contributed by atoms with E-state index in [4.69, 9.17) is 10.6 Å². The number of hydrogen-bond donors (Lipinski definition) is 2. The molecule has 1 aliphatic rings. The third-order valence-corrected chi connectivity index (χ3v) is 4.95. The molecule has 112 valence electrons. The maximum absolute atomic E-state index is 6.10. The zero-order valence-corrected chi connectivity index (χ0v) is 13.0. The molecule has 3 nitrogen and oxygen atoms in total. The zero-order chi connectivity index (χ0) is 14.6. The van der Waals surface area contributed by atoms with Gasteiger partial charge in [-0.05, 0) is 49.7 Å². The lowest BCUT2D eigenvalue weighted by Crippen LogP contribution is -2.55. The van der Waals surface area contributed by atoms with Crippen LogP contribution >= 0.6 is 0 Å². The van der Waals surface area contributed by atoms with Crippen LogP contribution in [0.5, 0.6) is 0 Å². The Morgan fingerprint density at radius 3 is 2.55 bits per heavy atom. The van der Waals surface area contributed by atoms with E-state index >= 15 is 0 Å². The van der Waals surface area contributed by atoms with E-state index in [0.717, 1.165) is 25.9 Å². The molecule has 0 bridgehead atoms. The van der Waals surface area contributed by atoms with E-state index in [9.17, 15) is 0 Å². The van der Waals surface area contributed by atoms with Gasteiger partial charge in [-0.2, -0.15) is 0 Å². The van der Waals surface area contributed by atoms with Gasteiger partial charge in [-0.3, -0.25) is 11.3 Å². The lowest BCUT2D eigenvalue weighted by molar-refractivity contribution is -0.0755. The van der Waals surface area contributed by atoms with Crippen molar-refractivity contribution in [1.29, 1.82) is 0 Å². The topological polar surface area (TPSA) is 47.3 Å². The van der Waals surface area contributed by atoms with Crippen molar-refractivity contribution < 1.29 is 4.74 Å². The molecule has 1 aromatic rings. The van der Waals surface area contributed by atoms with E-state index in [0.29, 0.717) is 5.92 Å². The summed E-state index contributed by atoms with van der Waals surface area (Å²) in [5.41, 5.74) is 5.87. The normalized spacial score (nSPS) is 19.3. The first-order chi connectivity index (χ1) is 9.70. The van der Waals surface area contributed by atoms with E-state index in [2.05, 4.69) is 50.5 Å². The Morgan fingerprint density at radius 2 is 2.00 bits per heavy atom. The molecule has 2 unspecified atom stereocenters. The summed E-state index contributed by atoms with van der Waals surface area (Å²) in [6, 6.07) is 8.93. The Bertz CT molecular complexity index is 429. The van der Waals surface area contributed by atoms with Crippen molar-refractivity contribution in [3.8, 4) is 0 Å². The number of ether oxygens (including phenoxy) is 1. The van der Waals surface area contributed by atoms with Gasteiger partial charge in [0.1, 0.15) is 0 Å². The molecule has 3 N–H and O–H groups in total. The number of fused-ring (bicyclic) bond motifs is 1. The number of benzene rings is 1. The van der Waals surface area contributed by atoms with E-state index in [1.54, 1.807) is 0 Å². The molecule has 20 heavy (non-hydrogen) atoms. The number of nitrogens with two attached hydrogens (primary N) is 1. The SMILES string of the molecule is CCOC(CC)(CC)C(CC1Cc2ccccc21)NN. The van der Waals surface area contributed by atoms with Gasteiger partial charge in [-0.15, -0.1) is 0 Å². The molecule has 0 radical (unpaired) electrons. The predicted octanol–water partition coefficient (Wildman–Crippen LogP) is 3.14. The summed E-state index contributed by atoms with van der Waals surface area (Å²) in [5, 5.41) is 0. The molecule has 0 spiro atoms. The van der Waals surface area contributed by atoms with Crippen LogP contribution in [-0.2, 0) is 11.2 Å². The molecular weight excluding hydrogens is 248 g/mol. The molecule has 0 saturated heterocycles. The van der Waals surface area contributed by atoms with Gasteiger partial charge in [0.15, 0.2) is 0 Å². The maximum Gasteiger partial charge on any atom is 0.0842 e. The largest absolute Gasteiger partial charge is 0.374 e. The molecule has 0 amide bonds. The Balaban J connectivity index is 2.09. The van der Waals surface area contributed by atoms with Gasteiger partial charge in [0.2, 0.25) is 0 Å². The second-order valence-electron chi connectivity index (χ2n) is 5.76. The van der Waals surface area contributed by atoms with Crippen LogP contribution in [0, 0.1) is 0 Å². The van der Waals surface area contributed by atoms with Crippen LogP contribution in [0.1, 0.15) is 57.1 Å². The molecule has 3 heteroatoms. The Hall–Kier alpha value is -0.900. The first-order valence-corrected chi connectivity index (χ1v) is 7.88. The smallest absolute Gasteiger partial charge is 0.0842 e. The fourth-order valence-corrected chi connectivity index (χ4v) is 3.63. The minimum atomic E-state index is -0.145. The van der Waals surface area contributed by atoms with E-state index in [1.165, 1.54) is 17.5 Å². The molecule has 2 atom stereocenters. The highest BCUT2D eigenvalue weighted by Crippen LogP contribution is 2.40. The Morgan fingerprint density at radius 1 is 1.30 bits per heavy atom. The van der Waals surface area contributed by atoms with Crippen LogP contribution in [0.4, 0.5) is 0 Å². The van der Waals surface area contributed by atoms with Gasteiger partial charge in [0.05, 0.1) is 11.6 Å². The van der Waals surface area contributed by atoms with E-state index < -0.39 is 0 Å². The van der Waals surface area contributed by atoms with Crippen molar-refractivity contribution in [2.75, 3.05) is 6.61 Å². The second kappa shape index (κ2) is 6.70. The van der Waals surface area contributed by atoms with Crippen molar-refractivity contribution in [1.82, 2.24) is 5.43 Å². The Labute approximate surface area is 122 Å². The molecule has 1 aromatic carbocycles. The monoisotopic (exact) mass is 276 g/mol. The van der Waals surface area contributed by atoms with E-state index in [-0.39, 0.29) is 11.6 Å². The van der Waals surface area contributed by atoms with Gasteiger partial charge < -0.3 is 4.74 Å². The average Bonchev–Trinajstić information content (AvgIpc) is 2.47. The van der Waals surface area contributed by atoms with Gasteiger partial charge in [0.25, 0.3) is 0 Å². The number of nitrogens with one attached hydrogen (secondary N) is 1. The number of hydrazine groups is 1. The van der Waals surface area contributed by atoms with Crippen LogP contribution < -0.4 is 11.3 Å². The van der Waals surface area contributed by atoms with Crippen molar-refractivity contribution in [2.45, 2.75) is 64.0 Å². The van der Waals surface area contributed by atoms with Crippen LogP contribution in [0.15, 0.2) is 24.3 Å². The first kappa shape index (κ1) is 15.5. The quantitative estimate of drug-likeness (QED) is 0.566. The summed E-state index contributed by atoms with van der Waals surface area (Å²) in [5.74, 6) is 6.47. The van der Waals surface area contributed by atoms with Crippen molar-refractivity contribution in [3.05, 3.63) is 35.4 Å². The molecular formula is C17H28N2O. The highest BCUT2D eigenvalue weighted by atomic mass is 16.5. The summed E-state index contributed by atoms with van der Waals surface area (Å²) in [6.45, 7) is 7.18. The summed E-state index contributed by atoms with van der Waals surface area (Å²) in [7, 11) is 0. The fourth-order valence-electron chi connectivity index (χ4n) is 3.63. The molecule has 0 heterocycles. The summed E-state index contributed by atoms with van der Waals surface area (Å²) in [6.07, 6.45) is 4.19. The molecule has 2 rings (SSSR count). The summed E-state index contributed by atoms with van der Waals surface area (Å²) >= 11 is 0. The predicted molar refractivity (Wildman–Crippen MR) is 83.6 cm³/mol. The van der Waals surface area contributed by atoms with Gasteiger partial charge in [0, 0.05) is 6.61 Å². The fraction of sp³-hybridized carbons (Fsp3) is 0.647. The highest BCUT2D eigenvalue weighted by molar-refractivity contribution is 5.40. The van der Waals surface area contributed by atoms with Gasteiger partial charge in [-0.1, -0.05) is 38.1 Å². The minimum absolute atomic E-state index is 0.145. The zero-order valence-electron chi connectivity index (χ0n) is 13.0. The summed E-state index contributed by atoms with van der Waals surface area (Å²) < 4.78 is 6.10. The molecule has 0 saturated carbocycles. The van der Waals surface area contributed by atoms with Crippen LogP contribution in [0.3, 0.4) is 0 Å². The molecule has 0 aromatic heterocycles. The maximum atomic E-state index is 6.10. The van der Waals surface area contributed by atoms with Crippen molar-refractivity contribution in [2.24, 2.45) is 5.84 Å². The van der Waals surface area contributed by atoms with Gasteiger partial charge >= 0.3 is 0 Å². The lowest BCUT2D eigenvalue weighted by Gasteiger charge is -2.42. The first-order valence-electron chi connectivity index (χ1n) is 7.88. The lowest BCUT2D eigenvalue weighted by atomic mass is 9.71. The minimum Gasteiger partial charge on any atom is -0.374 e.